The zero-order valence-electron chi connectivity index (χ0n) is 15.4. The van der Waals surface area contributed by atoms with Gasteiger partial charge in [-0.25, -0.2) is 14.6 Å². The summed E-state index contributed by atoms with van der Waals surface area (Å²) in [5.41, 5.74) is 14.1. The Morgan fingerprint density at radius 1 is 1.11 bits per heavy atom. The van der Waals surface area contributed by atoms with Crippen LogP contribution in [0, 0.1) is 18.6 Å². The number of nitrogens with two attached hydrogens (primary N) is 3. The number of halogens is 2. The van der Waals surface area contributed by atoms with E-state index in [1.807, 2.05) is 40.7 Å². The van der Waals surface area contributed by atoms with Crippen molar-refractivity contribution in [3.8, 4) is 0 Å². The highest BCUT2D eigenvalue weighted by molar-refractivity contribution is 7.80. The molecule has 0 bridgehead atoms. The quantitative estimate of drug-likeness (QED) is 0.355. The van der Waals surface area contributed by atoms with Crippen LogP contribution in [0.2, 0.25) is 0 Å². The summed E-state index contributed by atoms with van der Waals surface area (Å²) in [6.45, 7) is 3.88. The van der Waals surface area contributed by atoms with Crippen molar-refractivity contribution in [1.29, 1.82) is 0 Å². The van der Waals surface area contributed by atoms with Crippen LogP contribution in [0.5, 0.6) is 0 Å². The number of nitrogens with zero attached hydrogens (tertiary/aromatic N) is 1. The lowest BCUT2D eigenvalue weighted by molar-refractivity contribution is 0.589. The van der Waals surface area contributed by atoms with Crippen LogP contribution in [0.25, 0.3) is 0 Å². The Hall–Kier alpha value is -2.29. The summed E-state index contributed by atoms with van der Waals surface area (Å²) in [5, 5.41) is 0.116. The Morgan fingerprint density at radius 2 is 1.67 bits per heavy atom. The minimum atomic E-state index is -0.326. The van der Waals surface area contributed by atoms with Crippen LogP contribution in [0.1, 0.15) is 24.0 Å². The molecular weight excluding hydrogens is 368 g/mol. The zero-order valence-corrected chi connectivity index (χ0v) is 16.2. The standard InChI is InChI=1S/C11H13F2N.C7H9N.CH5N3S/c1-8-6-10(13)11(7-9(8)12)14-4-2-3-5-14;8-6-7-4-2-1-3-5-7;2-1(5)4-3/h6-7H,2-5H2,1H3;1-5H,6,8H2;3H2,(H3,2,4,5). The molecule has 0 aromatic heterocycles. The van der Waals surface area contributed by atoms with E-state index in [1.54, 1.807) is 6.92 Å². The number of thiocarbonyl (C=S) groups is 1. The van der Waals surface area contributed by atoms with Crippen LogP contribution < -0.4 is 27.6 Å². The van der Waals surface area contributed by atoms with Crippen LogP contribution >= 0.6 is 12.2 Å². The molecule has 2 aromatic rings. The third-order valence-electron chi connectivity index (χ3n) is 3.90. The lowest BCUT2D eigenvalue weighted by Gasteiger charge is -2.18. The molecule has 7 N–H and O–H groups in total. The molecule has 1 saturated heterocycles. The van der Waals surface area contributed by atoms with Crippen molar-refractivity contribution in [3.63, 3.8) is 0 Å². The Morgan fingerprint density at radius 3 is 2.11 bits per heavy atom. The maximum atomic E-state index is 13.5. The molecule has 148 valence electrons. The molecule has 1 aliphatic rings. The highest BCUT2D eigenvalue weighted by atomic mass is 32.1. The number of aryl methyl sites for hydroxylation is 1. The topological polar surface area (TPSA) is 93.3 Å². The van der Waals surface area contributed by atoms with Crippen LogP contribution in [-0.2, 0) is 6.54 Å². The van der Waals surface area contributed by atoms with E-state index in [2.05, 4.69) is 18.1 Å². The van der Waals surface area contributed by atoms with Gasteiger partial charge in [-0.1, -0.05) is 30.3 Å². The summed E-state index contributed by atoms with van der Waals surface area (Å²) in [6, 6.07) is 12.6. The van der Waals surface area contributed by atoms with E-state index in [9.17, 15) is 8.78 Å². The van der Waals surface area contributed by atoms with E-state index in [0.29, 0.717) is 17.8 Å². The molecular formula is C19H27F2N5S. The van der Waals surface area contributed by atoms with Gasteiger partial charge in [0, 0.05) is 25.7 Å². The van der Waals surface area contributed by atoms with Crippen LogP contribution in [0.3, 0.4) is 0 Å². The van der Waals surface area contributed by atoms with Crippen molar-refractivity contribution in [2.75, 3.05) is 18.0 Å². The van der Waals surface area contributed by atoms with Crippen molar-refractivity contribution in [2.45, 2.75) is 26.3 Å². The summed E-state index contributed by atoms with van der Waals surface area (Å²) < 4.78 is 26.7. The van der Waals surface area contributed by atoms with Crippen molar-refractivity contribution >= 4 is 23.0 Å². The number of hydrogen-bond acceptors (Lipinski definition) is 4. The van der Waals surface area contributed by atoms with Crippen LogP contribution in [-0.4, -0.2) is 18.2 Å². The average molecular weight is 396 g/mol. The predicted molar refractivity (Wildman–Crippen MR) is 111 cm³/mol. The highest BCUT2D eigenvalue weighted by Gasteiger charge is 2.17. The molecule has 0 radical (unpaired) electrons. The van der Waals surface area contributed by atoms with E-state index in [0.717, 1.165) is 25.9 Å². The van der Waals surface area contributed by atoms with Gasteiger partial charge in [-0.05, 0) is 49.2 Å². The maximum Gasteiger partial charge on any atom is 0.177 e. The second-order valence-electron chi connectivity index (χ2n) is 5.95. The SMILES string of the molecule is Cc1cc(F)c(N2CCCC2)cc1F.NCc1ccccc1.NNC(N)=S. The average Bonchev–Trinajstić information content (AvgIpc) is 3.21. The van der Waals surface area contributed by atoms with Gasteiger partial charge in [0.2, 0.25) is 0 Å². The van der Waals surface area contributed by atoms with Gasteiger partial charge >= 0.3 is 0 Å². The van der Waals surface area contributed by atoms with Gasteiger partial charge in [-0.2, -0.15) is 0 Å². The first-order valence-electron chi connectivity index (χ1n) is 8.59. The van der Waals surface area contributed by atoms with E-state index in [-0.39, 0.29) is 16.7 Å². The molecule has 0 saturated carbocycles. The highest BCUT2D eigenvalue weighted by Crippen LogP contribution is 2.25. The van der Waals surface area contributed by atoms with Crippen molar-refractivity contribution in [2.24, 2.45) is 17.3 Å². The molecule has 3 rings (SSSR count). The van der Waals surface area contributed by atoms with E-state index in [1.165, 1.54) is 17.7 Å². The van der Waals surface area contributed by atoms with Crippen molar-refractivity contribution in [1.82, 2.24) is 5.43 Å². The number of hydrazine groups is 1. The lowest BCUT2D eigenvalue weighted by atomic mass is 10.2. The number of nitrogens with one attached hydrogen (secondary N) is 1. The number of anilines is 1. The minimum Gasteiger partial charge on any atom is -0.375 e. The van der Waals surface area contributed by atoms with Crippen LogP contribution in [0.4, 0.5) is 14.5 Å². The molecule has 0 unspecified atom stereocenters. The monoisotopic (exact) mass is 395 g/mol. The molecule has 27 heavy (non-hydrogen) atoms. The molecule has 0 atom stereocenters. The first kappa shape index (κ1) is 22.8. The van der Waals surface area contributed by atoms with E-state index < -0.39 is 0 Å². The van der Waals surface area contributed by atoms with Crippen molar-refractivity contribution < 1.29 is 8.78 Å². The Balaban J connectivity index is 0.000000237. The molecule has 1 aliphatic heterocycles. The maximum absolute atomic E-state index is 13.5. The molecule has 5 nitrogen and oxygen atoms in total. The van der Waals surface area contributed by atoms with Gasteiger partial charge in [0.1, 0.15) is 11.6 Å². The van der Waals surface area contributed by atoms with Gasteiger partial charge in [0.25, 0.3) is 0 Å². The fourth-order valence-electron chi connectivity index (χ4n) is 2.45. The Labute approximate surface area is 164 Å². The number of benzene rings is 2. The first-order chi connectivity index (χ1) is 12.9. The minimum absolute atomic E-state index is 0.116. The summed E-state index contributed by atoms with van der Waals surface area (Å²) in [6.07, 6.45) is 2.13. The van der Waals surface area contributed by atoms with Crippen molar-refractivity contribution in [3.05, 3.63) is 65.2 Å². The Kier molecular flexibility index (Phi) is 10.2. The lowest BCUT2D eigenvalue weighted by Crippen LogP contribution is -2.34. The Bertz CT molecular complexity index is 707. The second kappa shape index (κ2) is 12.2. The third-order valence-corrected chi connectivity index (χ3v) is 4.01. The second-order valence-corrected chi connectivity index (χ2v) is 6.39. The molecule has 2 aromatic carbocycles. The largest absolute Gasteiger partial charge is 0.375 e. The molecule has 8 heteroatoms. The number of rotatable bonds is 2. The summed E-state index contributed by atoms with van der Waals surface area (Å²) in [4.78, 5) is 1.90. The van der Waals surface area contributed by atoms with Gasteiger partial charge in [0.15, 0.2) is 5.11 Å². The zero-order chi connectivity index (χ0) is 20.2. The van der Waals surface area contributed by atoms with Gasteiger partial charge < -0.3 is 21.8 Å². The smallest absolute Gasteiger partial charge is 0.177 e. The van der Waals surface area contributed by atoms with E-state index in [4.69, 9.17) is 11.5 Å². The summed E-state index contributed by atoms with van der Waals surface area (Å²) in [7, 11) is 0. The summed E-state index contributed by atoms with van der Waals surface area (Å²) in [5.74, 6) is 4.02. The van der Waals surface area contributed by atoms with E-state index >= 15 is 0 Å². The fourth-order valence-corrected chi connectivity index (χ4v) is 2.45. The normalized spacial score (nSPS) is 12.4. The van der Waals surface area contributed by atoms with Gasteiger partial charge in [-0.3, -0.25) is 0 Å². The first-order valence-corrected chi connectivity index (χ1v) is 9.00. The summed E-state index contributed by atoms with van der Waals surface area (Å²) >= 11 is 4.24. The predicted octanol–water partition coefficient (Wildman–Crippen LogP) is 2.71. The molecule has 0 amide bonds. The third kappa shape index (κ3) is 8.29. The van der Waals surface area contributed by atoms with Gasteiger partial charge in [-0.15, -0.1) is 0 Å². The molecule has 0 spiro atoms. The fraction of sp³-hybridized carbons (Fsp3) is 0.316. The van der Waals surface area contributed by atoms with Crippen LogP contribution in [0.15, 0.2) is 42.5 Å². The molecule has 0 aliphatic carbocycles. The number of hydrogen-bond donors (Lipinski definition) is 4. The van der Waals surface area contributed by atoms with Gasteiger partial charge in [0.05, 0.1) is 5.69 Å². The molecule has 1 heterocycles. The molecule has 1 fully saturated rings.